The lowest BCUT2D eigenvalue weighted by molar-refractivity contribution is -0.211. The number of aliphatic hydroxyl groups is 4. The molecule has 206 valence electrons. The second-order valence-electron chi connectivity index (χ2n) is 9.75. The maximum Gasteiger partial charge on any atom is 0.276 e. The Kier molecular flexibility index (Phi) is 5.34. The maximum atomic E-state index is 13.7. The number of nitrogens with zero attached hydrogens (tertiary/aromatic N) is 2. The molecule has 13 heteroatoms. The highest BCUT2D eigenvalue weighted by molar-refractivity contribution is 6.39. The average Bonchev–Trinajstić information content (AvgIpc) is 3.57. The van der Waals surface area contributed by atoms with Crippen molar-refractivity contribution in [1.29, 1.82) is 0 Å². The summed E-state index contributed by atoms with van der Waals surface area (Å²) in [4.78, 5) is 30.5. The van der Waals surface area contributed by atoms with Gasteiger partial charge in [0.25, 0.3) is 11.8 Å². The number of hydrogen-bond donors (Lipinski definition) is 7. The van der Waals surface area contributed by atoms with E-state index in [1.165, 1.54) is 13.1 Å². The van der Waals surface area contributed by atoms with Crippen LogP contribution in [0.15, 0.2) is 36.4 Å². The Morgan fingerprint density at radius 3 is 2.33 bits per heavy atom. The Bertz CT molecular complexity index is 1890. The lowest BCUT2D eigenvalue weighted by Gasteiger charge is -2.36. The van der Waals surface area contributed by atoms with Crippen LogP contribution in [0.1, 0.15) is 26.8 Å². The Balaban J connectivity index is 1.70. The van der Waals surface area contributed by atoms with Crippen molar-refractivity contribution in [2.24, 2.45) is 0 Å². The number of hydrazine groups is 1. The number of carbonyl (C=O) groups is 2. The van der Waals surface area contributed by atoms with Crippen LogP contribution >= 0.6 is 0 Å². The lowest BCUT2D eigenvalue weighted by Crippen LogP contribution is -2.45. The summed E-state index contributed by atoms with van der Waals surface area (Å²) in [5, 5.41) is 53.9. The fraction of sp³-hybridized carbons (Fsp3) is 0.259. The van der Waals surface area contributed by atoms with Crippen LogP contribution in [-0.2, 0) is 4.74 Å². The molecule has 2 unspecified atom stereocenters. The predicted octanol–water partition coefficient (Wildman–Crippen LogP) is 0.805. The van der Waals surface area contributed by atoms with Crippen molar-refractivity contribution in [1.82, 2.24) is 20.0 Å². The zero-order valence-corrected chi connectivity index (χ0v) is 21.0. The van der Waals surface area contributed by atoms with E-state index in [1.54, 1.807) is 34.9 Å². The summed E-state index contributed by atoms with van der Waals surface area (Å²) in [5.74, 6) is -0.961. The Morgan fingerprint density at radius 2 is 1.65 bits per heavy atom. The van der Waals surface area contributed by atoms with Gasteiger partial charge >= 0.3 is 0 Å². The molecular formula is C27H24N4O9. The molecule has 0 saturated heterocycles. The lowest BCUT2D eigenvalue weighted by atomic mass is 9.96. The van der Waals surface area contributed by atoms with Crippen LogP contribution in [-0.4, -0.2) is 90.9 Å². The van der Waals surface area contributed by atoms with E-state index in [1.807, 2.05) is 0 Å². The smallest absolute Gasteiger partial charge is 0.276 e. The molecule has 3 aromatic carbocycles. The number of rotatable bonds is 6. The normalized spacial score (nSPS) is 18.8. The number of fused-ring (bicyclic) bond motifs is 10. The number of aliphatic hydroxyl groups excluding tert-OH is 3. The first-order valence-corrected chi connectivity index (χ1v) is 12.5. The van der Waals surface area contributed by atoms with E-state index in [9.17, 15) is 35.1 Å². The van der Waals surface area contributed by atoms with Gasteiger partial charge in [0.15, 0.2) is 6.29 Å². The minimum atomic E-state index is -2.05. The fourth-order valence-electron chi connectivity index (χ4n) is 6.09. The number of ether oxygens (including phenoxy) is 2. The van der Waals surface area contributed by atoms with Crippen LogP contribution in [0.2, 0.25) is 0 Å². The molecule has 0 radical (unpaired) electrons. The van der Waals surface area contributed by atoms with Gasteiger partial charge in [0.1, 0.15) is 23.6 Å². The van der Waals surface area contributed by atoms with Crippen LogP contribution in [0.25, 0.3) is 43.6 Å². The molecule has 2 aliphatic heterocycles. The number of aromatic hydroxyl groups is 1. The third-order valence-electron chi connectivity index (χ3n) is 7.70. The molecule has 2 aliphatic rings. The van der Waals surface area contributed by atoms with Gasteiger partial charge in [-0.05, 0) is 12.1 Å². The van der Waals surface area contributed by atoms with E-state index in [0.29, 0.717) is 43.6 Å². The zero-order chi connectivity index (χ0) is 28.0. The number of para-hydroxylation sites is 2. The average molecular weight is 549 g/mol. The van der Waals surface area contributed by atoms with Crippen molar-refractivity contribution in [3.63, 3.8) is 0 Å². The third-order valence-corrected chi connectivity index (χ3v) is 7.70. The second-order valence-corrected chi connectivity index (χ2v) is 9.75. The summed E-state index contributed by atoms with van der Waals surface area (Å²) in [6, 6.07) is 8.56. The molecule has 0 spiro atoms. The van der Waals surface area contributed by atoms with Crippen molar-refractivity contribution < 1.29 is 44.6 Å². The highest BCUT2D eigenvalue weighted by atomic mass is 16.7. The topological polar surface area (TPSA) is 190 Å². The second kappa shape index (κ2) is 8.63. The number of benzene rings is 3. The number of aromatic amines is 1. The summed E-state index contributed by atoms with van der Waals surface area (Å²) in [6.07, 6.45) is -4.50. The van der Waals surface area contributed by atoms with Gasteiger partial charge in [0.2, 0.25) is 6.29 Å². The maximum absolute atomic E-state index is 13.7. The van der Waals surface area contributed by atoms with Gasteiger partial charge in [0.05, 0.1) is 46.4 Å². The molecule has 0 aliphatic carbocycles. The zero-order valence-electron chi connectivity index (χ0n) is 21.0. The van der Waals surface area contributed by atoms with E-state index >= 15 is 0 Å². The number of H-pyrrole nitrogens is 1. The number of imide groups is 1. The molecule has 2 atom stereocenters. The standard InChI is InChI=1S/C27H24N4O9/c1-28-31-24(35)17-15-11-4-2-6-13(34)19(11)29-20(15)22-16(18(17)25(31)36)12-5-3-7-14-21(12)30(22)23(26(37)38)27(40-14)39-10(8-32)9-33/h2-7,10,23,26-29,32-34,37-38H,8-9H2,1H3. The largest absolute Gasteiger partial charge is 0.506 e. The molecule has 2 aromatic heterocycles. The van der Waals surface area contributed by atoms with Gasteiger partial charge in [-0.25, -0.2) is 10.4 Å². The Hall–Kier alpha value is -4.24. The van der Waals surface area contributed by atoms with Gasteiger partial charge in [-0.3, -0.25) is 9.59 Å². The van der Waals surface area contributed by atoms with Gasteiger partial charge in [-0.2, -0.15) is 0 Å². The monoisotopic (exact) mass is 548 g/mol. The molecule has 5 aromatic rings. The molecule has 0 saturated carbocycles. The molecule has 13 nitrogen and oxygen atoms in total. The number of carbonyl (C=O) groups excluding carboxylic acids is 2. The quantitative estimate of drug-likeness (QED) is 0.118. The molecule has 4 heterocycles. The third kappa shape index (κ3) is 3.01. The summed E-state index contributed by atoms with van der Waals surface area (Å²) >= 11 is 0. The van der Waals surface area contributed by atoms with Crippen LogP contribution in [0.5, 0.6) is 11.5 Å². The van der Waals surface area contributed by atoms with Crippen molar-refractivity contribution in [3.8, 4) is 11.5 Å². The van der Waals surface area contributed by atoms with Gasteiger partial charge in [-0.1, -0.05) is 24.3 Å². The molecule has 40 heavy (non-hydrogen) atoms. The van der Waals surface area contributed by atoms with Crippen LogP contribution in [0, 0.1) is 0 Å². The van der Waals surface area contributed by atoms with E-state index in [0.717, 1.165) is 5.01 Å². The van der Waals surface area contributed by atoms with Crippen LogP contribution < -0.4 is 10.2 Å². The van der Waals surface area contributed by atoms with Gasteiger partial charge in [0, 0.05) is 28.6 Å². The summed E-state index contributed by atoms with van der Waals surface area (Å²) in [7, 11) is 1.46. The first-order chi connectivity index (χ1) is 19.3. The predicted molar refractivity (Wildman–Crippen MR) is 141 cm³/mol. The number of amides is 2. The van der Waals surface area contributed by atoms with E-state index in [-0.39, 0.29) is 22.6 Å². The number of nitrogens with one attached hydrogen (secondary N) is 2. The van der Waals surface area contributed by atoms with Gasteiger partial charge in [-0.15, -0.1) is 0 Å². The SMILES string of the molecule is CNN1C(=O)c2c(c3c4cccc5c4n(c3c3[nH]c4c(O)cccc4c23)C(C(O)O)C(OC(CO)CO)O5)C1=O. The summed E-state index contributed by atoms with van der Waals surface area (Å²) in [5.41, 5.74) is 4.37. The van der Waals surface area contributed by atoms with Crippen LogP contribution in [0.3, 0.4) is 0 Å². The molecule has 2 amide bonds. The molecule has 7 rings (SSSR count). The number of phenolic OH excluding ortho intramolecular Hbond substituents is 1. The van der Waals surface area contributed by atoms with Crippen molar-refractivity contribution in [2.45, 2.75) is 24.7 Å². The number of phenols is 1. The highest BCUT2D eigenvalue weighted by Gasteiger charge is 2.45. The highest BCUT2D eigenvalue weighted by Crippen LogP contribution is 2.50. The van der Waals surface area contributed by atoms with Crippen molar-refractivity contribution in [2.75, 3.05) is 20.3 Å². The molecular weight excluding hydrogens is 524 g/mol. The van der Waals surface area contributed by atoms with E-state index < -0.39 is 49.8 Å². The van der Waals surface area contributed by atoms with Crippen molar-refractivity contribution >= 4 is 55.4 Å². The van der Waals surface area contributed by atoms with E-state index in [2.05, 4.69) is 10.4 Å². The molecule has 0 bridgehead atoms. The first-order valence-electron chi connectivity index (χ1n) is 12.5. The summed E-state index contributed by atoms with van der Waals surface area (Å²) in [6.45, 7) is -1.10. The van der Waals surface area contributed by atoms with Crippen molar-refractivity contribution in [3.05, 3.63) is 47.5 Å². The number of hydrogen-bond acceptors (Lipinski definition) is 10. The first kappa shape index (κ1) is 24.8. The molecule has 0 fully saturated rings. The van der Waals surface area contributed by atoms with Crippen LogP contribution in [0.4, 0.5) is 0 Å². The summed E-state index contributed by atoms with van der Waals surface area (Å²) < 4.78 is 13.4. The molecule has 7 N–H and O–H groups in total. The van der Waals surface area contributed by atoms with Gasteiger partial charge < -0.3 is 44.6 Å². The Labute approximate surface area is 224 Å². The van der Waals surface area contributed by atoms with E-state index in [4.69, 9.17) is 9.47 Å². The number of aromatic nitrogens is 2. The minimum absolute atomic E-state index is 0.0784. The Morgan fingerprint density at radius 1 is 0.975 bits per heavy atom. The minimum Gasteiger partial charge on any atom is -0.506 e. The fourth-order valence-corrected chi connectivity index (χ4v) is 6.09.